The van der Waals surface area contributed by atoms with Crippen LogP contribution in [0.2, 0.25) is 10.0 Å². The van der Waals surface area contributed by atoms with Crippen LogP contribution < -0.4 is 14.5 Å². The topological polar surface area (TPSA) is 99.1 Å². The van der Waals surface area contributed by atoms with Crippen molar-refractivity contribution in [2.24, 2.45) is 21.1 Å². The van der Waals surface area contributed by atoms with Gasteiger partial charge in [-0.05, 0) is 93.6 Å². The van der Waals surface area contributed by atoms with Crippen molar-refractivity contribution < 1.29 is 9.53 Å². The highest BCUT2D eigenvalue weighted by molar-refractivity contribution is 6.34. The van der Waals surface area contributed by atoms with Gasteiger partial charge in [-0.15, -0.1) is 10.2 Å². The number of rotatable bonds is 12. The van der Waals surface area contributed by atoms with Crippen molar-refractivity contribution in [3.63, 3.8) is 0 Å². The second-order valence-electron chi connectivity index (χ2n) is 14.7. The van der Waals surface area contributed by atoms with Crippen LogP contribution in [0.15, 0.2) is 48.7 Å². The van der Waals surface area contributed by atoms with E-state index in [0.29, 0.717) is 24.0 Å². The molecule has 11 nitrogen and oxygen atoms in total. The van der Waals surface area contributed by atoms with E-state index < -0.39 is 6.04 Å². The van der Waals surface area contributed by atoms with Crippen molar-refractivity contribution in [2.75, 3.05) is 30.0 Å². The molecule has 282 valence electrons. The van der Waals surface area contributed by atoms with Crippen LogP contribution in [0.1, 0.15) is 53.8 Å². The molecule has 0 saturated carbocycles. The third-order valence-corrected chi connectivity index (χ3v) is 11.9. The zero-order valence-corrected chi connectivity index (χ0v) is 33.9. The Morgan fingerprint density at radius 1 is 1.00 bits per heavy atom. The molecule has 1 aliphatic rings. The standard InChI is InChI=1S/C41H47Cl2N9O2/c1-23-18-28(19-24(2)38(23)43)54-17-11-14-29-30-15-16-33(42)37(36-26(4)45-50(8)27(36)5)40(30)52(35(29)22-53)25(3)20-48(6)34-21-49(7)39-31(34)12-10-13-32(39)41-44-47-51(9)46-41/h10,12-13,15-16,18-19,21-22,25,29,35H,11,14,17,20H2,1-9H3/t25-,29?,35?/m1/s1. The van der Waals surface area contributed by atoms with E-state index in [1.54, 1.807) is 7.05 Å². The molecule has 0 spiro atoms. The molecule has 7 rings (SSSR count). The summed E-state index contributed by atoms with van der Waals surface area (Å²) in [7, 11) is 7.87. The first kappa shape index (κ1) is 37.4. The number of aldehydes is 1. The number of ether oxygens (including phenoxy) is 1. The molecule has 54 heavy (non-hydrogen) atoms. The lowest BCUT2D eigenvalue weighted by Crippen LogP contribution is -2.47. The van der Waals surface area contributed by atoms with Crippen LogP contribution in [-0.4, -0.2) is 73.1 Å². The van der Waals surface area contributed by atoms with Crippen LogP contribution in [0.3, 0.4) is 0 Å². The number of carbonyl (C=O) groups excluding carboxylic acids is 1. The number of fused-ring (bicyclic) bond motifs is 2. The number of aromatic nitrogens is 7. The monoisotopic (exact) mass is 767 g/mol. The van der Waals surface area contributed by atoms with Gasteiger partial charge in [-0.1, -0.05) is 41.4 Å². The van der Waals surface area contributed by atoms with Crippen LogP contribution in [0, 0.1) is 27.7 Å². The van der Waals surface area contributed by atoms with Crippen molar-refractivity contribution in [3.8, 4) is 28.3 Å². The molecule has 0 aliphatic carbocycles. The van der Waals surface area contributed by atoms with Gasteiger partial charge in [-0.3, -0.25) is 4.68 Å². The maximum Gasteiger partial charge on any atom is 0.207 e. The van der Waals surface area contributed by atoms with Gasteiger partial charge >= 0.3 is 0 Å². The summed E-state index contributed by atoms with van der Waals surface area (Å²) in [5, 5.41) is 20.1. The minimum absolute atomic E-state index is 0.0598. The van der Waals surface area contributed by atoms with E-state index in [2.05, 4.69) is 69.0 Å². The van der Waals surface area contributed by atoms with Gasteiger partial charge in [0.05, 0.1) is 47.3 Å². The van der Waals surface area contributed by atoms with Gasteiger partial charge in [0.1, 0.15) is 12.0 Å². The van der Waals surface area contributed by atoms with Crippen molar-refractivity contribution in [3.05, 3.63) is 86.8 Å². The summed E-state index contributed by atoms with van der Waals surface area (Å²) >= 11 is 13.6. The minimum atomic E-state index is -0.403. The van der Waals surface area contributed by atoms with Gasteiger partial charge in [0.2, 0.25) is 5.82 Å². The van der Waals surface area contributed by atoms with Crippen molar-refractivity contribution in [1.29, 1.82) is 0 Å². The van der Waals surface area contributed by atoms with Crippen LogP contribution in [0.5, 0.6) is 5.75 Å². The first-order valence-corrected chi connectivity index (χ1v) is 19.1. The van der Waals surface area contributed by atoms with Gasteiger partial charge in [0.25, 0.3) is 0 Å². The minimum Gasteiger partial charge on any atom is -0.494 e. The largest absolute Gasteiger partial charge is 0.494 e. The lowest BCUT2D eigenvalue weighted by molar-refractivity contribution is -0.109. The summed E-state index contributed by atoms with van der Waals surface area (Å²) in [6.07, 6.45) is 4.78. The number of likely N-dealkylation sites (N-methyl/N-ethyl adjacent to an activating group) is 1. The molecule has 6 aromatic rings. The highest BCUT2D eigenvalue weighted by atomic mass is 35.5. The summed E-state index contributed by atoms with van der Waals surface area (Å²) in [4.78, 5) is 19.4. The zero-order chi connectivity index (χ0) is 38.6. The van der Waals surface area contributed by atoms with Crippen molar-refractivity contribution in [1.82, 2.24) is 34.6 Å². The summed E-state index contributed by atoms with van der Waals surface area (Å²) in [6, 6.07) is 13.7. The van der Waals surface area contributed by atoms with E-state index in [-0.39, 0.29) is 12.0 Å². The molecule has 0 bridgehead atoms. The van der Waals surface area contributed by atoms with Crippen LogP contribution in [0.25, 0.3) is 33.4 Å². The molecule has 3 atom stereocenters. The molecule has 13 heteroatoms. The Balaban J connectivity index is 1.23. The SMILES string of the molecule is Cc1cc(OCCCC2c3ccc(Cl)c(-c4c(C)nn(C)c4C)c3N([C@H](C)CN(C)c3cn(C)c4c(-c5nnn(C)n5)cccc34)C2C=O)cc(C)c1Cl. The van der Waals surface area contributed by atoms with Crippen LogP contribution >= 0.6 is 23.2 Å². The third-order valence-electron chi connectivity index (χ3n) is 10.9. The Labute approximate surface area is 326 Å². The Kier molecular flexibility index (Phi) is 10.2. The summed E-state index contributed by atoms with van der Waals surface area (Å²) in [6.45, 7) is 11.4. The highest BCUT2D eigenvalue weighted by Crippen LogP contribution is 2.52. The average Bonchev–Trinajstić information content (AvgIpc) is 3.87. The van der Waals surface area contributed by atoms with Crippen molar-refractivity contribution in [2.45, 2.75) is 65.5 Å². The smallest absolute Gasteiger partial charge is 0.207 e. The molecule has 1 aliphatic heterocycles. The molecule has 0 fully saturated rings. The van der Waals surface area contributed by atoms with Gasteiger partial charge in [0, 0.05) is 78.6 Å². The second-order valence-corrected chi connectivity index (χ2v) is 15.5. The predicted octanol–water partition coefficient (Wildman–Crippen LogP) is 8.16. The van der Waals surface area contributed by atoms with E-state index in [0.717, 1.165) is 96.9 Å². The molecule has 0 saturated heterocycles. The number of benzene rings is 3. The molecule has 3 aromatic carbocycles. The molecule has 0 amide bonds. The third kappa shape index (κ3) is 6.51. The lowest BCUT2D eigenvalue weighted by Gasteiger charge is -2.36. The maximum absolute atomic E-state index is 13.4. The van der Waals surface area contributed by atoms with Crippen LogP contribution in [0.4, 0.5) is 11.4 Å². The Bertz CT molecular complexity index is 2350. The molecule has 3 aromatic heterocycles. The molecular weight excluding hydrogens is 721 g/mol. The number of para-hydroxylation sites is 1. The number of halogens is 2. The zero-order valence-electron chi connectivity index (χ0n) is 32.4. The van der Waals surface area contributed by atoms with E-state index in [1.807, 2.05) is 69.9 Å². The molecule has 4 heterocycles. The fourth-order valence-electron chi connectivity index (χ4n) is 8.45. The Morgan fingerprint density at radius 3 is 2.39 bits per heavy atom. The number of hydrogen-bond donors (Lipinski definition) is 0. The first-order valence-electron chi connectivity index (χ1n) is 18.3. The molecule has 0 radical (unpaired) electrons. The summed E-state index contributed by atoms with van der Waals surface area (Å²) in [5.41, 5.74) is 11.0. The highest BCUT2D eigenvalue weighted by Gasteiger charge is 2.43. The normalized spacial score (nSPS) is 15.9. The molecule has 2 unspecified atom stereocenters. The fourth-order valence-corrected chi connectivity index (χ4v) is 8.81. The summed E-state index contributed by atoms with van der Waals surface area (Å²) < 4.78 is 10.2. The quantitative estimate of drug-likeness (QED) is 0.0909. The number of hydrogen-bond acceptors (Lipinski definition) is 8. The lowest BCUT2D eigenvalue weighted by atomic mass is 9.89. The van der Waals surface area contributed by atoms with E-state index in [1.165, 1.54) is 4.80 Å². The first-order chi connectivity index (χ1) is 25.8. The van der Waals surface area contributed by atoms with E-state index >= 15 is 0 Å². The number of aryl methyl sites for hydroxylation is 6. The van der Waals surface area contributed by atoms with Gasteiger partial charge < -0.3 is 23.9 Å². The average molecular weight is 769 g/mol. The van der Waals surface area contributed by atoms with E-state index in [4.69, 9.17) is 33.0 Å². The number of nitrogens with zero attached hydrogens (tertiary/aromatic N) is 9. The predicted molar refractivity (Wildman–Crippen MR) is 217 cm³/mol. The van der Waals surface area contributed by atoms with Gasteiger partial charge in [0.15, 0.2) is 0 Å². The second kappa shape index (κ2) is 14.8. The summed E-state index contributed by atoms with van der Waals surface area (Å²) in [5.74, 6) is 1.32. The van der Waals surface area contributed by atoms with Crippen LogP contribution in [-0.2, 0) is 25.9 Å². The van der Waals surface area contributed by atoms with Crippen molar-refractivity contribution >= 4 is 51.8 Å². The maximum atomic E-state index is 13.4. The number of anilines is 2. The number of carbonyl (C=O) groups is 1. The molecule has 0 N–H and O–H groups in total. The Morgan fingerprint density at radius 2 is 1.74 bits per heavy atom. The number of tetrazole rings is 1. The van der Waals surface area contributed by atoms with Gasteiger partial charge in [-0.2, -0.15) is 9.90 Å². The fraction of sp³-hybridized carbons (Fsp3) is 0.390. The van der Waals surface area contributed by atoms with Gasteiger partial charge in [-0.25, -0.2) is 0 Å². The Hall–Kier alpha value is -4.87. The van der Waals surface area contributed by atoms with E-state index in [9.17, 15) is 4.79 Å². The molecular formula is C41H47Cl2N9O2.